The first kappa shape index (κ1) is 16.0. The number of benzene rings is 1. The second kappa shape index (κ2) is 7.59. The Kier molecular flexibility index (Phi) is 5.79. The SMILES string of the molecule is CCCNc1cc(COC)nc(-c2ccc(Cl)c(Cl)c2)n1. The number of halogens is 2. The molecule has 0 aliphatic carbocycles. The Morgan fingerprint density at radius 1 is 1.14 bits per heavy atom. The van der Waals surface area contributed by atoms with Crippen LogP contribution in [0.3, 0.4) is 0 Å². The predicted octanol–water partition coefficient (Wildman–Crippen LogP) is 4.42. The Labute approximate surface area is 134 Å². The number of nitrogens with one attached hydrogen (secondary N) is 1. The predicted molar refractivity (Wildman–Crippen MR) is 87.0 cm³/mol. The second-order valence-electron chi connectivity index (χ2n) is 4.56. The number of aromatic nitrogens is 2. The highest BCUT2D eigenvalue weighted by molar-refractivity contribution is 6.42. The molecule has 2 rings (SSSR count). The number of nitrogens with zero attached hydrogens (tertiary/aromatic N) is 2. The van der Waals surface area contributed by atoms with Crippen LogP contribution < -0.4 is 5.32 Å². The number of methoxy groups -OCH3 is 1. The minimum atomic E-state index is 0.428. The van der Waals surface area contributed by atoms with E-state index in [9.17, 15) is 0 Å². The summed E-state index contributed by atoms with van der Waals surface area (Å²) in [5.41, 5.74) is 1.63. The summed E-state index contributed by atoms with van der Waals surface area (Å²) in [6.45, 7) is 3.38. The third-order valence-electron chi connectivity index (χ3n) is 2.81. The van der Waals surface area contributed by atoms with Crippen molar-refractivity contribution < 1.29 is 4.74 Å². The molecule has 0 aliphatic rings. The molecule has 1 aromatic carbocycles. The highest BCUT2D eigenvalue weighted by atomic mass is 35.5. The van der Waals surface area contributed by atoms with Gasteiger partial charge in [-0.1, -0.05) is 30.1 Å². The molecule has 2 aromatic rings. The van der Waals surface area contributed by atoms with E-state index in [0.717, 1.165) is 30.0 Å². The highest BCUT2D eigenvalue weighted by Crippen LogP contribution is 2.27. The first-order chi connectivity index (χ1) is 10.1. The maximum absolute atomic E-state index is 6.06. The van der Waals surface area contributed by atoms with Crippen LogP contribution in [-0.2, 0) is 11.3 Å². The minimum Gasteiger partial charge on any atom is -0.378 e. The van der Waals surface area contributed by atoms with Gasteiger partial charge in [0.2, 0.25) is 0 Å². The van der Waals surface area contributed by atoms with Crippen molar-refractivity contribution in [2.24, 2.45) is 0 Å². The fourth-order valence-electron chi connectivity index (χ4n) is 1.83. The first-order valence-electron chi connectivity index (χ1n) is 6.70. The van der Waals surface area contributed by atoms with Gasteiger partial charge in [0.15, 0.2) is 5.82 Å². The van der Waals surface area contributed by atoms with Crippen molar-refractivity contribution in [1.29, 1.82) is 0 Å². The van der Waals surface area contributed by atoms with Crippen LogP contribution >= 0.6 is 23.2 Å². The van der Waals surface area contributed by atoms with Crippen LogP contribution in [-0.4, -0.2) is 23.6 Å². The maximum atomic E-state index is 6.06. The molecule has 4 nitrogen and oxygen atoms in total. The van der Waals surface area contributed by atoms with Crippen molar-refractivity contribution in [2.45, 2.75) is 20.0 Å². The Bertz CT molecular complexity index is 620. The van der Waals surface area contributed by atoms with Crippen LogP contribution in [0.15, 0.2) is 24.3 Å². The van der Waals surface area contributed by atoms with E-state index in [0.29, 0.717) is 22.5 Å². The summed E-state index contributed by atoms with van der Waals surface area (Å²) < 4.78 is 5.16. The topological polar surface area (TPSA) is 47.0 Å². The molecule has 0 saturated heterocycles. The Hall–Kier alpha value is -1.36. The molecule has 1 heterocycles. The number of rotatable bonds is 6. The zero-order chi connectivity index (χ0) is 15.2. The molecule has 0 atom stereocenters. The molecule has 21 heavy (non-hydrogen) atoms. The average molecular weight is 326 g/mol. The molecule has 1 N–H and O–H groups in total. The van der Waals surface area contributed by atoms with E-state index in [1.165, 1.54) is 0 Å². The van der Waals surface area contributed by atoms with Crippen LogP contribution in [0, 0.1) is 0 Å². The van der Waals surface area contributed by atoms with Gasteiger partial charge >= 0.3 is 0 Å². The first-order valence-corrected chi connectivity index (χ1v) is 7.45. The summed E-state index contributed by atoms with van der Waals surface area (Å²) >= 11 is 12.0. The number of hydrogen-bond acceptors (Lipinski definition) is 4. The molecule has 0 saturated carbocycles. The monoisotopic (exact) mass is 325 g/mol. The van der Waals surface area contributed by atoms with E-state index in [1.54, 1.807) is 19.2 Å². The lowest BCUT2D eigenvalue weighted by molar-refractivity contribution is 0.181. The minimum absolute atomic E-state index is 0.428. The van der Waals surface area contributed by atoms with E-state index in [4.69, 9.17) is 27.9 Å². The lowest BCUT2D eigenvalue weighted by Crippen LogP contribution is -2.06. The normalized spacial score (nSPS) is 10.7. The van der Waals surface area contributed by atoms with E-state index < -0.39 is 0 Å². The van der Waals surface area contributed by atoms with Gasteiger partial charge in [-0.25, -0.2) is 9.97 Å². The average Bonchev–Trinajstić information content (AvgIpc) is 2.48. The van der Waals surface area contributed by atoms with Crippen LogP contribution in [0.25, 0.3) is 11.4 Å². The molecule has 0 fully saturated rings. The molecule has 0 aliphatic heterocycles. The van der Waals surface area contributed by atoms with E-state index in [1.807, 2.05) is 12.1 Å². The maximum Gasteiger partial charge on any atom is 0.161 e. The van der Waals surface area contributed by atoms with Crippen LogP contribution in [0.1, 0.15) is 19.0 Å². The molecule has 1 aromatic heterocycles. The lowest BCUT2D eigenvalue weighted by atomic mass is 10.2. The highest BCUT2D eigenvalue weighted by Gasteiger charge is 2.09. The smallest absolute Gasteiger partial charge is 0.161 e. The van der Waals surface area contributed by atoms with Crippen LogP contribution in [0.2, 0.25) is 10.0 Å². The largest absolute Gasteiger partial charge is 0.378 e. The number of hydrogen-bond donors (Lipinski definition) is 1. The zero-order valence-corrected chi connectivity index (χ0v) is 13.5. The molecule has 6 heteroatoms. The van der Waals surface area contributed by atoms with Gasteiger partial charge in [-0.3, -0.25) is 0 Å². The van der Waals surface area contributed by atoms with E-state index >= 15 is 0 Å². The van der Waals surface area contributed by atoms with Crippen LogP contribution in [0.5, 0.6) is 0 Å². The fourth-order valence-corrected chi connectivity index (χ4v) is 2.13. The van der Waals surface area contributed by atoms with Crippen molar-refractivity contribution in [3.8, 4) is 11.4 Å². The second-order valence-corrected chi connectivity index (χ2v) is 5.37. The van der Waals surface area contributed by atoms with E-state index in [-0.39, 0.29) is 0 Å². The Balaban J connectivity index is 2.40. The van der Waals surface area contributed by atoms with Gasteiger partial charge < -0.3 is 10.1 Å². The van der Waals surface area contributed by atoms with Gasteiger partial charge in [0.1, 0.15) is 5.82 Å². The van der Waals surface area contributed by atoms with Gasteiger partial charge in [0, 0.05) is 25.3 Å². The summed E-state index contributed by atoms with van der Waals surface area (Å²) in [6, 6.07) is 7.24. The molecule has 0 amide bonds. The number of ether oxygens (including phenoxy) is 1. The number of anilines is 1. The zero-order valence-electron chi connectivity index (χ0n) is 12.0. The van der Waals surface area contributed by atoms with Crippen molar-refractivity contribution in [1.82, 2.24) is 9.97 Å². The third-order valence-corrected chi connectivity index (χ3v) is 3.54. The fraction of sp³-hybridized carbons (Fsp3) is 0.333. The molecule has 0 bridgehead atoms. The summed E-state index contributed by atoms with van der Waals surface area (Å²) in [6.07, 6.45) is 1.02. The lowest BCUT2D eigenvalue weighted by Gasteiger charge is -2.10. The molecule has 112 valence electrons. The molecular formula is C15H17Cl2N3O. The quantitative estimate of drug-likeness (QED) is 0.854. The van der Waals surface area contributed by atoms with Gasteiger partial charge in [-0.2, -0.15) is 0 Å². The Morgan fingerprint density at radius 3 is 2.62 bits per heavy atom. The van der Waals surface area contributed by atoms with Gasteiger partial charge in [0.05, 0.1) is 22.3 Å². The molecule has 0 unspecified atom stereocenters. The van der Waals surface area contributed by atoms with Gasteiger partial charge in [-0.15, -0.1) is 0 Å². The van der Waals surface area contributed by atoms with Crippen molar-refractivity contribution >= 4 is 29.0 Å². The Morgan fingerprint density at radius 2 is 1.95 bits per heavy atom. The summed E-state index contributed by atoms with van der Waals surface area (Å²) in [4.78, 5) is 9.01. The summed E-state index contributed by atoms with van der Waals surface area (Å²) in [5, 5.41) is 4.26. The third kappa shape index (κ3) is 4.30. The molecular weight excluding hydrogens is 309 g/mol. The molecule has 0 spiro atoms. The summed E-state index contributed by atoms with van der Waals surface area (Å²) in [7, 11) is 1.64. The van der Waals surface area contributed by atoms with Crippen LogP contribution in [0.4, 0.5) is 5.82 Å². The van der Waals surface area contributed by atoms with Crippen molar-refractivity contribution in [3.63, 3.8) is 0 Å². The van der Waals surface area contributed by atoms with E-state index in [2.05, 4.69) is 22.2 Å². The van der Waals surface area contributed by atoms with Crippen molar-refractivity contribution in [2.75, 3.05) is 19.0 Å². The van der Waals surface area contributed by atoms with Gasteiger partial charge in [-0.05, 0) is 24.6 Å². The molecule has 0 radical (unpaired) electrons. The van der Waals surface area contributed by atoms with Crippen molar-refractivity contribution in [3.05, 3.63) is 40.0 Å². The summed E-state index contributed by atoms with van der Waals surface area (Å²) in [5.74, 6) is 1.38. The standard InChI is InChI=1S/C15H17Cl2N3O/c1-3-6-18-14-8-11(9-21-2)19-15(20-14)10-4-5-12(16)13(17)7-10/h4-5,7-8H,3,6,9H2,1-2H3,(H,18,19,20). The van der Waals surface area contributed by atoms with Gasteiger partial charge in [0.25, 0.3) is 0 Å².